The van der Waals surface area contributed by atoms with E-state index >= 15 is 0 Å². The molecule has 0 unspecified atom stereocenters. The number of carboxylic acid groups (broad SMARTS) is 1. The number of carboxylic acids is 1. The van der Waals surface area contributed by atoms with Crippen molar-refractivity contribution in [1.29, 1.82) is 0 Å². The number of aromatic carboxylic acids is 1. The Kier molecular flexibility index (Phi) is 6.08. The summed E-state index contributed by atoms with van der Waals surface area (Å²) in [5, 5.41) is 12.7. The van der Waals surface area contributed by atoms with Gasteiger partial charge in [-0.25, -0.2) is 10.2 Å². The third-order valence-electron chi connectivity index (χ3n) is 2.99. The molecule has 0 aliphatic heterocycles. The number of amides is 1. The molecular formula is C17H15BrN2O4. The summed E-state index contributed by atoms with van der Waals surface area (Å²) in [6.07, 6.45) is 1.53. The molecule has 2 aromatic carbocycles. The lowest BCUT2D eigenvalue weighted by Gasteiger charge is -2.09. The molecular weight excluding hydrogens is 376 g/mol. The van der Waals surface area contributed by atoms with E-state index in [0.29, 0.717) is 12.4 Å². The van der Waals surface area contributed by atoms with Crippen LogP contribution in [0.25, 0.3) is 0 Å². The van der Waals surface area contributed by atoms with Crippen molar-refractivity contribution >= 4 is 34.0 Å². The molecule has 2 N–H and O–H groups in total. The average Bonchev–Trinajstić information content (AvgIpc) is 2.54. The number of carbonyl (C=O) groups is 2. The Labute approximate surface area is 147 Å². The first-order valence-electron chi connectivity index (χ1n) is 7.00. The van der Waals surface area contributed by atoms with Gasteiger partial charge in [0.05, 0.1) is 16.3 Å². The van der Waals surface area contributed by atoms with Gasteiger partial charge in [0.2, 0.25) is 5.91 Å². The van der Waals surface area contributed by atoms with Gasteiger partial charge >= 0.3 is 5.97 Å². The highest BCUT2D eigenvalue weighted by atomic mass is 79.9. The molecule has 7 heteroatoms. The van der Waals surface area contributed by atoms with Crippen molar-refractivity contribution in [2.45, 2.75) is 13.5 Å². The fraction of sp³-hybridized carbons (Fsp3) is 0.118. The second-order valence-corrected chi connectivity index (χ2v) is 5.76. The molecule has 0 fully saturated rings. The molecule has 6 nitrogen and oxygen atoms in total. The zero-order valence-corrected chi connectivity index (χ0v) is 14.4. The van der Waals surface area contributed by atoms with Crippen LogP contribution in [0.5, 0.6) is 5.75 Å². The van der Waals surface area contributed by atoms with E-state index < -0.39 is 5.97 Å². The molecule has 24 heavy (non-hydrogen) atoms. The lowest BCUT2D eigenvalue weighted by Crippen LogP contribution is -2.12. The van der Waals surface area contributed by atoms with Crippen LogP contribution >= 0.6 is 15.9 Å². The van der Waals surface area contributed by atoms with Gasteiger partial charge in [-0.3, -0.25) is 4.79 Å². The van der Waals surface area contributed by atoms with E-state index in [2.05, 4.69) is 26.5 Å². The highest BCUT2D eigenvalue weighted by molar-refractivity contribution is 9.10. The minimum atomic E-state index is -0.957. The molecule has 0 saturated heterocycles. The van der Waals surface area contributed by atoms with Gasteiger partial charge in [0, 0.05) is 6.92 Å². The normalized spacial score (nSPS) is 10.6. The summed E-state index contributed by atoms with van der Waals surface area (Å²) in [6, 6.07) is 11.9. The number of nitrogens with zero attached hydrogens (tertiary/aromatic N) is 1. The van der Waals surface area contributed by atoms with Crippen LogP contribution in [0.15, 0.2) is 52.0 Å². The van der Waals surface area contributed by atoms with E-state index in [1.165, 1.54) is 25.3 Å². The SMILES string of the molecule is CC(=O)N/N=C\c1ccc(OCc2ccc(C(=O)O)cc2)c(Br)c1. The van der Waals surface area contributed by atoms with Gasteiger partial charge in [0.25, 0.3) is 0 Å². The van der Waals surface area contributed by atoms with Gasteiger partial charge in [0.15, 0.2) is 0 Å². The largest absolute Gasteiger partial charge is 0.488 e. The summed E-state index contributed by atoms with van der Waals surface area (Å²) in [5.41, 5.74) is 4.23. The minimum absolute atomic E-state index is 0.237. The molecule has 0 aliphatic rings. The predicted molar refractivity (Wildman–Crippen MR) is 93.3 cm³/mol. The lowest BCUT2D eigenvalue weighted by molar-refractivity contribution is -0.118. The van der Waals surface area contributed by atoms with Crippen LogP contribution in [0.2, 0.25) is 0 Å². The van der Waals surface area contributed by atoms with Crippen molar-refractivity contribution in [1.82, 2.24) is 5.43 Å². The van der Waals surface area contributed by atoms with E-state index in [1.807, 2.05) is 6.07 Å². The maximum absolute atomic E-state index is 10.8. The molecule has 0 bridgehead atoms. The van der Waals surface area contributed by atoms with Gasteiger partial charge in [0.1, 0.15) is 12.4 Å². The van der Waals surface area contributed by atoms with Crippen LogP contribution in [0.4, 0.5) is 0 Å². The smallest absolute Gasteiger partial charge is 0.335 e. The number of hydrogen-bond donors (Lipinski definition) is 2. The highest BCUT2D eigenvalue weighted by Crippen LogP contribution is 2.26. The van der Waals surface area contributed by atoms with Crippen LogP contribution in [0.3, 0.4) is 0 Å². The van der Waals surface area contributed by atoms with Gasteiger partial charge in [-0.2, -0.15) is 5.10 Å². The first kappa shape index (κ1) is 17.7. The van der Waals surface area contributed by atoms with Crippen LogP contribution < -0.4 is 10.2 Å². The Morgan fingerprint density at radius 2 is 1.96 bits per heavy atom. The van der Waals surface area contributed by atoms with E-state index in [0.717, 1.165) is 15.6 Å². The van der Waals surface area contributed by atoms with Crippen molar-refractivity contribution in [2.75, 3.05) is 0 Å². The predicted octanol–water partition coefficient (Wildman–Crippen LogP) is 3.20. The fourth-order valence-corrected chi connectivity index (χ4v) is 2.33. The Bertz CT molecular complexity index is 773. The number of benzene rings is 2. The molecule has 0 aromatic heterocycles. The number of hydrogen-bond acceptors (Lipinski definition) is 4. The van der Waals surface area contributed by atoms with E-state index in [4.69, 9.17) is 9.84 Å². The Balaban J connectivity index is 1.98. The van der Waals surface area contributed by atoms with E-state index in [-0.39, 0.29) is 11.5 Å². The Morgan fingerprint density at radius 3 is 2.54 bits per heavy atom. The number of nitrogens with one attached hydrogen (secondary N) is 1. The van der Waals surface area contributed by atoms with Crippen LogP contribution in [0, 0.1) is 0 Å². The summed E-state index contributed by atoms with van der Waals surface area (Å²) in [6.45, 7) is 1.70. The highest BCUT2D eigenvalue weighted by Gasteiger charge is 2.05. The van der Waals surface area contributed by atoms with Gasteiger partial charge in [-0.15, -0.1) is 0 Å². The van der Waals surface area contributed by atoms with Crippen molar-refractivity contribution in [2.24, 2.45) is 5.10 Å². The number of halogens is 1. The zero-order valence-electron chi connectivity index (χ0n) is 12.8. The maximum atomic E-state index is 10.8. The summed E-state index contributed by atoms with van der Waals surface area (Å²) in [5.74, 6) is -0.546. The monoisotopic (exact) mass is 390 g/mol. The third kappa shape index (κ3) is 5.20. The molecule has 0 heterocycles. The van der Waals surface area contributed by atoms with Crippen LogP contribution in [-0.4, -0.2) is 23.2 Å². The minimum Gasteiger partial charge on any atom is -0.488 e. The van der Waals surface area contributed by atoms with Gasteiger partial charge in [-0.1, -0.05) is 12.1 Å². The van der Waals surface area contributed by atoms with Crippen molar-refractivity contribution in [3.05, 3.63) is 63.6 Å². The van der Waals surface area contributed by atoms with Crippen LogP contribution in [-0.2, 0) is 11.4 Å². The molecule has 0 atom stereocenters. The molecule has 2 aromatic rings. The van der Waals surface area contributed by atoms with Crippen LogP contribution in [0.1, 0.15) is 28.4 Å². The number of rotatable bonds is 6. The summed E-state index contributed by atoms with van der Waals surface area (Å²) < 4.78 is 6.46. The topological polar surface area (TPSA) is 88.0 Å². The molecule has 124 valence electrons. The third-order valence-corrected chi connectivity index (χ3v) is 3.61. The van der Waals surface area contributed by atoms with E-state index in [9.17, 15) is 9.59 Å². The van der Waals surface area contributed by atoms with Gasteiger partial charge < -0.3 is 9.84 Å². The average molecular weight is 391 g/mol. The zero-order chi connectivity index (χ0) is 17.5. The molecule has 1 amide bonds. The molecule has 2 rings (SSSR count). The van der Waals surface area contributed by atoms with Crippen molar-refractivity contribution in [3.63, 3.8) is 0 Å². The fourth-order valence-electron chi connectivity index (χ4n) is 1.82. The molecule has 0 radical (unpaired) electrons. The summed E-state index contributed by atoms with van der Waals surface area (Å²) in [7, 11) is 0. The second-order valence-electron chi connectivity index (χ2n) is 4.91. The molecule has 0 saturated carbocycles. The maximum Gasteiger partial charge on any atom is 0.335 e. The van der Waals surface area contributed by atoms with E-state index in [1.54, 1.807) is 24.3 Å². The van der Waals surface area contributed by atoms with Crippen molar-refractivity contribution in [3.8, 4) is 5.75 Å². The summed E-state index contributed by atoms with van der Waals surface area (Å²) >= 11 is 3.42. The number of hydrazone groups is 1. The first-order valence-corrected chi connectivity index (χ1v) is 7.79. The quantitative estimate of drug-likeness (QED) is 0.585. The van der Waals surface area contributed by atoms with Gasteiger partial charge in [-0.05, 0) is 57.4 Å². The number of carbonyl (C=O) groups excluding carboxylic acids is 1. The first-order chi connectivity index (χ1) is 11.5. The second kappa shape index (κ2) is 8.26. The standard InChI is InChI=1S/C17H15BrN2O4/c1-11(21)20-19-9-13-4-7-16(15(18)8-13)24-10-12-2-5-14(6-3-12)17(22)23/h2-9H,10H2,1H3,(H,20,21)(H,22,23)/b19-9-. The molecule has 0 spiro atoms. The lowest BCUT2D eigenvalue weighted by atomic mass is 10.1. The molecule has 0 aliphatic carbocycles. The summed E-state index contributed by atoms with van der Waals surface area (Å²) in [4.78, 5) is 21.6. The number of ether oxygens (including phenoxy) is 1. The van der Waals surface area contributed by atoms with Crippen molar-refractivity contribution < 1.29 is 19.4 Å². The Morgan fingerprint density at radius 1 is 1.25 bits per heavy atom. The Hall–Kier alpha value is -2.67.